The lowest BCUT2D eigenvalue weighted by Gasteiger charge is -2.15. The zero-order chi connectivity index (χ0) is 23.8. The first-order valence-corrected chi connectivity index (χ1v) is 12.0. The number of halogens is 3. The van der Waals surface area contributed by atoms with Gasteiger partial charge in [0.1, 0.15) is 10.6 Å². The number of fused-ring (bicyclic) bond motifs is 1. The van der Waals surface area contributed by atoms with Gasteiger partial charge in [-0.1, -0.05) is 30.3 Å². The van der Waals surface area contributed by atoms with Gasteiger partial charge in [-0.05, 0) is 47.6 Å². The van der Waals surface area contributed by atoms with Crippen LogP contribution in [0.15, 0.2) is 53.6 Å². The maximum atomic E-state index is 13.1. The van der Waals surface area contributed by atoms with Gasteiger partial charge in [0, 0.05) is 11.8 Å². The minimum atomic E-state index is -4.64. The van der Waals surface area contributed by atoms with E-state index in [0.717, 1.165) is 21.4 Å². The Labute approximate surface area is 189 Å². The van der Waals surface area contributed by atoms with E-state index in [0.29, 0.717) is 18.6 Å². The molecule has 1 N–H and O–H groups in total. The fourth-order valence-electron chi connectivity index (χ4n) is 4.35. The molecule has 0 radical (unpaired) electrons. The number of methoxy groups -OCH3 is 1. The van der Waals surface area contributed by atoms with Crippen LogP contribution in [-0.4, -0.2) is 36.2 Å². The number of para-hydroxylation sites is 1. The molecule has 0 aliphatic heterocycles. The van der Waals surface area contributed by atoms with Crippen molar-refractivity contribution in [3.05, 3.63) is 76.6 Å². The molecule has 0 saturated carbocycles. The highest BCUT2D eigenvalue weighted by Gasteiger charge is 2.37. The average Bonchev–Trinajstić information content (AvgIpc) is 3.37. The lowest BCUT2D eigenvalue weighted by atomic mass is 10.0. The first-order chi connectivity index (χ1) is 15.6. The van der Waals surface area contributed by atoms with Crippen molar-refractivity contribution in [3.8, 4) is 5.75 Å². The van der Waals surface area contributed by atoms with E-state index in [4.69, 9.17) is 4.74 Å². The van der Waals surface area contributed by atoms with E-state index in [1.807, 2.05) is 12.1 Å². The van der Waals surface area contributed by atoms with Crippen molar-refractivity contribution in [3.63, 3.8) is 0 Å². The highest BCUT2D eigenvalue weighted by Crippen LogP contribution is 2.37. The largest absolute Gasteiger partial charge is 0.495 e. The lowest BCUT2D eigenvalue weighted by molar-refractivity contribution is -0.142. The summed E-state index contributed by atoms with van der Waals surface area (Å²) in [4.78, 5) is 0.163. The van der Waals surface area contributed by atoms with Gasteiger partial charge in [0.2, 0.25) is 0 Å². The summed E-state index contributed by atoms with van der Waals surface area (Å²) in [5, 5.41) is 12.8. The van der Waals surface area contributed by atoms with Gasteiger partial charge in [0.15, 0.2) is 15.5 Å². The van der Waals surface area contributed by atoms with E-state index in [9.17, 15) is 26.7 Å². The number of hydrogen-bond donors (Lipinski definition) is 1. The average molecular weight is 481 g/mol. The first-order valence-electron chi connectivity index (χ1n) is 10.3. The molecule has 3 aromatic rings. The predicted octanol–water partition coefficient (Wildman–Crippen LogP) is 3.95. The number of aliphatic hydroxyl groups is 1. The summed E-state index contributed by atoms with van der Waals surface area (Å²) in [6.45, 7) is -0.637. The number of aliphatic hydroxyl groups excluding tert-OH is 1. The molecule has 0 saturated heterocycles. The zero-order valence-corrected chi connectivity index (χ0v) is 18.7. The summed E-state index contributed by atoms with van der Waals surface area (Å²) in [5.41, 5.74) is 1.31. The van der Waals surface area contributed by atoms with Crippen LogP contribution in [0.5, 0.6) is 5.75 Å². The third kappa shape index (κ3) is 4.77. The molecule has 1 atom stereocenters. The second-order valence-electron chi connectivity index (χ2n) is 8.06. The van der Waals surface area contributed by atoms with Crippen LogP contribution in [0.1, 0.15) is 40.3 Å². The Morgan fingerprint density at radius 1 is 1.21 bits per heavy atom. The monoisotopic (exact) mass is 480 g/mol. The second-order valence-corrected chi connectivity index (χ2v) is 10.1. The van der Waals surface area contributed by atoms with E-state index in [-0.39, 0.29) is 28.7 Å². The fraction of sp³-hybridized carbons (Fsp3) is 0.348. The second kappa shape index (κ2) is 8.83. The molecule has 10 heteroatoms. The molecule has 1 unspecified atom stereocenters. The molecule has 1 aliphatic carbocycles. The van der Waals surface area contributed by atoms with Crippen LogP contribution in [0, 0.1) is 0 Å². The first kappa shape index (κ1) is 23.3. The maximum absolute atomic E-state index is 13.1. The highest BCUT2D eigenvalue weighted by molar-refractivity contribution is 7.91. The Morgan fingerprint density at radius 2 is 1.97 bits per heavy atom. The summed E-state index contributed by atoms with van der Waals surface area (Å²) in [6, 6.07) is 12.0. The van der Waals surface area contributed by atoms with Gasteiger partial charge in [-0.2, -0.15) is 18.3 Å². The van der Waals surface area contributed by atoms with Crippen LogP contribution < -0.4 is 4.74 Å². The number of nitrogens with zero attached hydrogens (tertiary/aromatic N) is 2. The third-order valence-corrected chi connectivity index (χ3v) is 7.70. The zero-order valence-electron chi connectivity index (χ0n) is 17.8. The van der Waals surface area contributed by atoms with Crippen LogP contribution in [0.4, 0.5) is 13.2 Å². The van der Waals surface area contributed by atoms with E-state index < -0.39 is 28.3 Å². The standard InChI is InChI=1S/C23H23F3N2O4S/c1-32-20-4-2-3-5-21(20)33(30,31)14-17-8-7-16-10-15(6-9-19(16)17)11-28-12-18(13-29)22(27-28)23(24,25)26/h2-6,9-10,12,17,29H,7-8,11,13-14H2,1H3. The lowest BCUT2D eigenvalue weighted by Crippen LogP contribution is -2.14. The van der Waals surface area contributed by atoms with Gasteiger partial charge in [-0.15, -0.1) is 0 Å². The summed E-state index contributed by atoms with van der Waals surface area (Å²) in [7, 11) is -2.14. The molecular weight excluding hydrogens is 457 g/mol. The molecule has 0 amide bonds. The SMILES string of the molecule is COc1ccccc1S(=O)(=O)CC1CCc2cc(Cn3cc(CO)c(C(F)(F)F)n3)ccc21. The van der Waals surface area contributed by atoms with Crippen LogP contribution in [-0.2, 0) is 35.6 Å². The van der Waals surface area contributed by atoms with Crippen LogP contribution in [0.3, 0.4) is 0 Å². The number of rotatable bonds is 7. The quantitative estimate of drug-likeness (QED) is 0.554. The topological polar surface area (TPSA) is 81.4 Å². The molecule has 33 heavy (non-hydrogen) atoms. The van der Waals surface area contributed by atoms with E-state index >= 15 is 0 Å². The van der Waals surface area contributed by atoms with Crippen molar-refractivity contribution in [2.45, 2.75) is 43.0 Å². The Balaban J connectivity index is 1.54. The Hall–Kier alpha value is -2.85. The molecule has 1 aromatic heterocycles. The van der Waals surface area contributed by atoms with Crippen molar-refractivity contribution in [2.24, 2.45) is 0 Å². The summed E-state index contributed by atoms with van der Waals surface area (Å²) in [5.74, 6) is 0.0884. The molecule has 0 bridgehead atoms. The van der Waals surface area contributed by atoms with Gasteiger partial charge in [-0.3, -0.25) is 4.68 Å². The summed E-state index contributed by atoms with van der Waals surface area (Å²) >= 11 is 0. The van der Waals surface area contributed by atoms with Crippen molar-refractivity contribution in [2.75, 3.05) is 12.9 Å². The van der Waals surface area contributed by atoms with Crippen LogP contribution in [0.25, 0.3) is 0 Å². The molecule has 4 rings (SSSR count). The number of ether oxygens (including phenoxy) is 1. The number of alkyl halides is 3. The molecule has 0 spiro atoms. The number of aryl methyl sites for hydroxylation is 1. The number of hydrogen-bond acceptors (Lipinski definition) is 5. The van der Waals surface area contributed by atoms with Crippen LogP contribution in [0.2, 0.25) is 0 Å². The minimum absolute atomic E-state index is 0.0479. The Kier molecular flexibility index (Phi) is 6.24. The fourth-order valence-corrected chi connectivity index (χ4v) is 6.15. The molecular formula is C23H23F3N2O4S. The highest BCUT2D eigenvalue weighted by atomic mass is 32.2. The Morgan fingerprint density at radius 3 is 2.64 bits per heavy atom. The smallest absolute Gasteiger partial charge is 0.435 e. The third-order valence-electron chi connectivity index (χ3n) is 5.85. The van der Waals surface area contributed by atoms with Gasteiger partial charge < -0.3 is 9.84 Å². The van der Waals surface area contributed by atoms with Crippen molar-refractivity contribution in [1.29, 1.82) is 0 Å². The Bertz CT molecular complexity index is 1270. The molecule has 176 valence electrons. The maximum Gasteiger partial charge on any atom is 0.435 e. The number of sulfone groups is 1. The van der Waals surface area contributed by atoms with Crippen molar-refractivity contribution in [1.82, 2.24) is 9.78 Å². The summed E-state index contributed by atoms with van der Waals surface area (Å²) in [6.07, 6.45) is -2.09. The molecule has 6 nitrogen and oxygen atoms in total. The van der Waals surface area contributed by atoms with E-state index in [1.165, 1.54) is 19.4 Å². The molecule has 0 fully saturated rings. The normalized spacial score (nSPS) is 16.1. The minimum Gasteiger partial charge on any atom is -0.495 e. The number of benzene rings is 2. The number of aromatic nitrogens is 2. The molecule has 1 heterocycles. The predicted molar refractivity (Wildman–Crippen MR) is 115 cm³/mol. The van der Waals surface area contributed by atoms with Gasteiger partial charge in [-0.25, -0.2) is 8.42 Å². The molecule has 2 aromatic carbocycles. The van der Waals surface area contributed by atoms with Crippen molar-refractivity contribution >= 4 is 9.84 Å². The van der Waals surface area contributed by atoms with Gasteiger partial charge >= 0.3 is 6.18 Å². The van der Waals surface area contributed by atoms with Gasteiger partial charge in [0.05, 0.1) is 26.0 Å². The molecule has 1 aliphatic rings. The van der Waals surface area contributed by atoms with Crippen molar-refractivity contribution < 1.29 is 31.4 Å². The van der Waals surface area contributed by atoms with E-state index in [1.54, 1.807) is 24.3 Å². The summed E-state index contributed by atoms with van der Waals surface area (Å²) < 4.78 is 71.6. The van der Waals surface area contributed by atoms with Gasteiger partial charge in [0.25, 0.3) is 0 Å². The van der Waals surface area contributed by atoms with Crippen LogP contribution >= 0.6 is 0 Å². The van der Waals surface area contributed by atoms with E-state index in [2.05, 4.69) is 5.10 Å².